The first-order valence-electron chi connectivity index (χ1n) is 6.86. The molecule has 0 aliphatic carbocycles. The van der Waals surface area contributed by atoms with Gasteiger partial charge in [-0.25, -0.2) is 0 Å². The van der Waals surface area contributed by atoms with Gasteiger partial charge in [0.1, 0.15) is 0 Å². The second-order valence-electron chi connectivity index (χ2n) is 6.55. The van der Waals surface area contributed by atoms with E-state index in [0.717, 1.165) is 4.90 Å². The van der Waals surface area contributed by atoms with Crippen molar-refractivity contribution in [2.24, 2.45) is 0 Å². The van der Waals surface area contributed by atoms with E-state index in [-0.39, 0.29) is 16.4 Å². The van der Waals surface area contributed by atoms with E-state index in [4.69, 9.17) is 9.84 Å². The van der Waals surface area contributed by atoms with Crippen LogP contribution in [0.5, 0.6) is 0 Å². The summed E-state index contributed by atoms with van der Waals surface area (Å²) in [5.41, 5.74) is 0. The Bertz CT molecular complexity index is 444. The standard InChI is InChI=1S/C9H12FN2O5.3CH3.Sn/c10-6-7(15)4(3-13)17-8(6)12-2-1-5(14)11-9(12)16;;;;/h1,4,6-8,13,15H,2-3H2,(H,11,14,16);3*1H3;/t4-,6+,7-,8-;;;;/m1..../s1. The Morgan fingerprint density at radius 3 is 2.52 bits per heavy atom. The fourth-order valence-corrected chi connectivity index (χ4v) is 7.19. The molecule has 0 saturated carbocycles. The van der Waals surface area contributed by atoms with Crippen LogP contribution in [0.15, 0.2) is 0 Å². The third-order valence-electron chi connectivity index (χ3n) is 4.01. The van der Waals surface area contributed by atoms with Gasteiger partial charge in [0.15, 0.2) is 0 Å². The van der Waals surface area contributed by atoms with Gasteiger partial charge in [-0.15, -0.1) is 0 Å². The number of alkyl halides is 1. The van der Waals surface area contributed by atoms with Gasteiger partial charge in [-0.2, -0.15) is 0 Å². The van der Waals surface area contributed by atoms with Crippen LogP contribution >= 0.6 is 0 Å². The molecule has 2 aliphatic heterocycles. The number of ether oxygens (including phenoxy) is 1. The topological polar surface area (TPSA) is 99.1 Å². The minimum absolute atomic E-state index is 0.0974. The van der Waals surface area contributed by atoms with Gasteiger partial charge in [-0.1, -0.05) is 0 Å². The first kappa shape index (κ1) is 16.9. The van der Waals surface area contributed by atoms with E-state index in [9.17, 15) is 19.1 Å². The number of nitrogens with zero attached hydrogens (tertiary/aromatic N) is 1. The molecule has 1 unspecified atom stereocenters. The van der Waals surface area contributed by atoms with Gasteiger partial charge in [0.25, 0.3) is 0 Å². The molecule has 3 amide bonds. The van der Waals surface area contributed by atoms with Crippen molar-refractivity contribution in [1.29, 1.82) is 0 Å². The molecule has 7 nitrogen and oxygen atoms in total. The molecule has 0 bridgehead atoms. The van der Waals surface area contributed by atoms with Gasteiger partial charge in [-0.3, -0.25) is 0 Å². The summed E-state index contributed by atoms with van der Waals surface area (Å²) in [4.78, 5) is 31.2. The van der Waals surface area contributed by atoms with Crippen LogP contribution in [0.25, 0.3) is 0 Å². The molecule has 120 valence electrons. The van der Waals surface area contributed by atoms with E-state index < -0.39 is 55.6 Å². The molecule has 2 heterocycles. The summed E-state index contributed by atoms with van der Waals surface area (Å²) in [5.74, 6) is -0.313. The minimum atomic E-state index is -2.66. The van der Waals surface area contributed by atoms with Gasteiger partial charge in [0.2, 0.25) is 0 Å². The van der Waals surface area contributed by atoms with E-state index in [1.807, 2.05) is 0 Å². The number of nitrogens with one attached hydrogen (secondary N) is 1. The zero-order chi connectivity index (χ0) is 15.9. The third kappa shape index (κ3) is 3.17. The monoisotopic (exact) mass is 412 g/mol. The number of carbonyl (C=O) groups is 2. The number of halogens is 1. The van der Waals surface area contributed by atoms with Crippen LogP contribution in [0.3, 0.4) is 0 Å². The molecule has 2 aliphatic rings. The molecule has 2 rings (SSSR count). The van der Waals surface area contributed by atoms with Gasteiger partial charge in [0, 0.05) is 0 Å². The Morgan fingerprint density at radius 2 is 2.05 bits per heavy atom. The average molecular weight is 411 g/mol. The number of aliphatic hydroxyl groups is 2. The molecule has 3 N–H and O–H groups in total. The zero-order valence-corrected chi connectivity index (χ0v) is 15.1. The second kappa shape index (κ2) is 5.98. The normalized spacial score (nSPS) is 37.8. The molecule has 5 atom stereocenters. The van der Waals surface area contributed by atoms with Gasteiger partial charge in [0.05, 0.1) is 0 Å². The fraction of sp³-hybridized carbons (Fsp3) is 0.833. The van der Waals surface area contributed by atoms with Crippen LogP contribution in [-0.2, 0) is 9.53 Å². The summed E-state index contributed by atoms with van der Waals surface area (Å²) in [6.45, 7) is -0.436. The van der Waals surface area contributed by atoms with Gasteiger partial charge >= 0.3 is 126 Å². The summed E-state index contributed by atoms with van der Waals surface area (Å²) in [6.07, 6.45) is -5.63. The molecular formula is C12H21FN2O5Sn. The maximum atomic E-state index is 14.1. The van der Waals surface area contributed by atoms with Crippen molar-refractivity contribution in [3.63, 3.8) is 0 Å². The SMILES string of the molecule is [CH3][Sn]([CH3])([CH3])[CH]1CN([C@@H]2O[C@H](CO)[C@@H](O)[C@@H]2F)C(=O)NC1=O. The molecule has 0 radical (unpaired) electrons. The fourth-order valence-electron chi connectivity index (χ4n) is 2.62. The number of hydrogen-bond acceptors (Lipinski definition) is 5. The molecule has 21 heavy (non-hydrogen) atoms. The summed E-state index contributed by atoms with van der Waals surface area (Å²) >= 11 is -2.66. The molecule has 0 aromatic carbocycles. The predicted octanol–water partition coefficient (Wildman–Crippen LogP) is -0.337. The predicted molar refractivity (Wildman–Crippen MR) is 74.0 cm³/mol. The number of urea groups is 1. The van der Waals surface area contributed by atoms with Crippen LogP contribution in [0.2, 0.25) is 18.8 Å². The van der Waals surface area contributed by atoms with Crippen LogP contribution in [0.4, 0.5) is 9.18 Å². The molecule has 0 aromatic heterocycles. The van der Waals surface area contributed by atoms with E-state index in [0.29, 0.717) is 0 Å². The van der Waals surface area contributed by atoms with Crippen LogP contribution in [0, 0.1) is 0 Å². The van der Waals surface area contributed by atoms with Crippen molar-refractivity contribution in [2.45, 2.75) is 43.4 Å². The first-order valence-corrected chi connectivity index (χ1v) is 17.1. The van der Waals surface area contributed by atoms with E-state index in [2.05, 4.69) is 20.1 Å². The van der Waals surface area contributed by atoms with Crippen LogP contribution in [0.1, 0.15) is 0 Å². The van der Waals surface area contributed by atoms with E-state index >= 15 is 0 Å². The summed E-state index contributed by atoms with van der Waals surface area (Å²) in [5, 5.41) is 20.9. The van der Waals surface area contributed by atoms with Gasteiger partial charge < -0.3 is 0 Å². The number of amides is 3. The van der Waals surface area contributed by atoms with Crippen LogP contribution < -0.4 is 5.32 Å². The summed E-state index contributed by atoms with van der Waals surface area (Å²) < 4.78 is 19.1. The van der Waals surface area contributed by atoms with Crippen molar-refractivity contribution in [2.75, 3.05) is 13.2 Å². The average Bonchev–Trinajstić information content (AvgIpc) is 2.65. The van der Waals surface area contributed by atoms with Crippen molar-refractivity contribution in [3.8, 4) is 0 Å². The summed E-state index contributed by atoms with van der Waals surface area (Å²) in [7, 11) is 0. The molecule has 0 aromatic rings. The quantitative estimate of drug-likeness (QED) is 0.553. The Balaban J connectivity index is 2.19. The third-order valence-corrected chi connectivity index (χ3v) is 11.2. The van der Waals surface area contributed by atoms with Crippen molar-refractivity contribution in [3.05, 3.63) is 0 Å². The Labute approximate surface area is 126 Å². The number of imide groups is 1. The van der Waals surface area contributed by atoms with E-state index in [1.165, 1.54) is 0 Å². The number of carbonyl (C=O) groups excluding carboxylic acids is 2. The number of rotatable bonds is 3. The van der Waals surface area contributed by atoms with Crippen molar-refractivity contribution < 1.29 is 28.9 Å². The molecular weight excluding hydrogens is 390 g/mol. The van der Waals surface area contributed by atoms with Crippen molar-refractivity contribution >= 4 is 30.3 Å². The van der Waals surface area contributed by atoms with Crippen LogP contribution in [-0.4, -0.2) is 83.2 Å². The summed E-state index contributed by atoms with van der Waals surface area (Å²) in [6, 6.07) is -0.717. The second-order valence-corrected chi connectivity index (χ2v) is 22.0. The molecule has 2 fully saturated rings. The Morgan fingerprint density at radius 1 is 1.43 bits per heavy atom. The van der Waals surface area contributed by atoms with E-state index in [1.54, 1.807) is 0 Å². The Kier molecular flexibility index (Phi) is 4.81. The molecule has 2 saturated heterocycles. The zero-order valence-electron chi connectivity index (χ0n) is 12.2. The molecule has 9 heteroatoms. The maximum absolute atomic E-state index is 14.1. The number of hydrogen-bond donors (Lipinski definition) is 3. The number of aliphatic hydroxyl groups excluding tert-OH is 2. The Hall–Kier alpha value is -0.451. The van der Waals surface area contributed by atoms with Gasteiger partial charge in [-0.05, 0) is 0 Å². The van der Waals surface area contributed by atoms with Crippen molar-refractivity contribution in [1.82, 2.24) is 10.2 Å². The molecule has 0 spiro atoms. The first-order chi connectivity index (χ1) is 9.66.